The van der Waals surface area contributed by atoms with E-state index in [9.17, 15) is 14.4 Å². The summed E-state index contributed by atoms with van der Waals surface area (Å²) in [6, 6.07) is 5.33. The van der Waals surface area contributed by atoms with E-state index in [2.05, 4.69) is 5.32 Å². The number of nitrogens with one attached hydrogen (secondary N) is 1. The maximum atomic E-state index is 13.3. The van der Waals surface area contributed by atoms with Gasteiger partial charge in [-0.25, -0.2) is 4.79 Å². The second-order valence-electron chi connectivity index (χ2n) is 7.18. The number of fused-ring (bicyclic) bond motifs is 2. The second-order valence-corrected chi connectivity index (χ2v) is 8.19. The van der Waals surface area contributed by atoms with Crippen molar-refractivity contribution in [2.45, 2.75) is 55.4 Å². The highest BCUT2D eigenvalue weighted by Gasteiger charge is 2.47. The van der Waals surface area contributed by atoms with Gasteiger partial charge in [-0.1, -0.05) is 0 Å². The number of ether oxygens (including phenoxy) is 2. The van der Waals surface area contributed by atoms with Gasteiger partial charge in [-0.15, -0.1) is 11.8 Å². The third kappa shape index (κ3) is 3.32. The Balaban J connectivity index is 1.59. The van der Waals surface area contributed by atoms with Gasteiger partial charge in [-0.3, -0.25) is 9.59 Å². The van der Waals surface area contributed by atoms with E-state index in [-0.39, 0.29) is 30.0 Å². The lowest BCUT2D eigenvalue weighted by Gasteiger charge is -2.41. The fraction of sp³-hybridized carbons (Fsp3) is 0.526. The van der Waals surface area contributed by atoms with Crippen LogP contribution in [0.1, 0.15) is 36.5 Å². The van der Waals surface area contributed by atoms with E-state index in [0.717, 1.165) is 17.7 Å². The zero-order valence-electron chi connectivity index (χ0n) is 15.3. The fourth-order valence-corrected chi connectivity index (χ4v) is 4.94. The molecule has 0 unspecified atom stereocenters. The molecule has 7 nitrogen and oxygen atoms in total. The predicted octanol–water partition coefficient (Wildman–Crippen LogP) is 2.05. The molecule has 0 aliphatic carbocycles. The van der Waals surface area contributed by atoms with Crippen LogP contribution in [0.4, 0.5) is 5.69 Å². The largest absolute Gasteiger partial charge is 0.467 e. The number of hydrogen-bond donors (Lipinski definition) is 1. The molecular weight excluding hydrogens is 368 g/mol. The molecule has 4 atom stereocenters. The summed E-state index contributed by atoms with van der Waals surface area (Å²) in [6.45, 7) is 2.02. The molecule has 3 aliphatic heterocycles. The SMILES string of the molecule is COC(=O)[C@@H]1C[C@@H]2[C@H](CC[C@H](C)N2C(=O)c2ccc3c(c2)NC(=O)CS3)O1. The highest BCUT2D eigenvalue weighted by atomic mass is 32.2. The van der Waals surface area contributed by atoms with Crippen LogP contribution in [0.2, 0.25) is 0 Å². The Hall–Kier alpha value is -2.06. The molecule has 0 aromatic heterocycles. The average Bonchev–Trinajstić information content (AvgIpc) is 3.10. The van der Waals surface area contributed by atoms with E-state index in [1.54, 1.807) is 12.1 Å². The summed E-state index contributed by atoms with van der Waals surface area (Å²) in [7, 11) is 1.35. The van der Waals surface area contributed by atoms with E-state index in [1.807, 2.05) is 17.9 Å². The minimum Gasteiger partial charge on any atom is -0.467 e. The van der Waals surface area contributed by atoms with E-state index in [4.69, 9.17) is 9.47 Å². The van der Waals surface area contributed by atoms with Crippen LogP contribution in [0.3, 0.4) is 0 Å². The Morgan fingerprint density at radius 3 is 2.93 bits per heavy atom. The van der Waals surface area contributed by atoms with Crippen LogP contribution < -0.4 is 5.32 Å². The summed E-state index contributed by atoms with van der Waals surface area (Å²) >= 11 is 1.47. The van der Waals surface area contributed by atoms with Crippen molar-refractivity contribution in [2.75, 3.05) is 18.2 Å². The Morgan fingerprint density at radius 2 is 2.15 bits per heavy atom. The van der Waals surface area contributed by atoms with E-state index in [0.29, 0.717) is 23.4 Å². The van der Waals surface area contributed by atoms with Gasteiger partial charge in [0.2, 0.25) is 5.91 Å². The molecule has 0 saturated carbocycles. The topological polar surface area (TPSA) is 84.9 Å². The Bertz CT molecular complexity index is 798. The maximum absolute atomic E-state index is 13.3. The van der Waals surface area contributed by atoms with Crippen molar-refractivity contribution in [3.63, 3.8) is 0 Å². The molecule has 27 heavy (non-hydrogen) atoms. The number of piperidine rings is 1. The molecule has 2 saturated heterocycles. The number of likely N-dealkylation sites (tertiary alicyclic amines) is 1. The van der Waals surface area contributed by atoms with Gasteiger partial charge < -0.3 is 19.7 Å². The lowest BCUT2D eigenvalue weighted by atomic mass is 9.91. The molecule has 4 rings (SSSR count). The molecule has 0 bridgehead atoms. The van der Waals surface area contributed by atoms with Crippen molar-refractivity contribution in [1.29, 1.82) is 0 Å². The van der Waals surface area contributed by atoms with Crippen molar-refractivity contribution in [1.82, 2.24) is 4.90 Å². The minimum atomic E-state index is -0.621. The van der Waals surface area contributed by atoms with Crippen LogP contribution in [0.5, 0.6) is 0 Å². The first-order chi connectivity index (χ1) is 13.0. The molecule has 144 valence electrons. The third-order valence-corrected chi connectivity index (χ3v) is 6.56. The van der Waals surface area contributed by atoms with Gasteiger partial charge in [0.25, 0.3) is 5.91 Å². The van der Waals surface area contributed by atoms with Crippen molar-refractivity contribution >= 4 is 35.2 Å². The summed E-state index contributed by atoms with van der Waals surface area (Å²) in [6.07, 6.45) is 1.32. The number of anilines is 1. The van der Waals surface area contributed by atoms with Gasteiger partial charge >= 0.3 is 5.97 Å². The zero-order valence-corrected chi connectivity index (χ0v) is 16.1. The molecule has 3 aliphatic rings. The quantitative estimate of drug-likeness (QED) is 0.778. The molecule has 2 fully saturated rings. The number of thioether (sulfide) groups is 1. The molecule has 0 radical (unpaired) electrons. The van der Waals surface area contributed by atoms with E-state index < -0.39 is 12.1 Å². The number of esters is 1. The lowest BCUT2D eigenvalue weighted by Crippen LogP contribution is -2.53. The van der Waals surface area contributed by atoms with Crippen LogP contribution in [0.25, 0.3) is 0 Å². The first kappa shape index (κ1) is 18.3. The number of amides is 2. The summed E-state index contributed by atoms with van der Waals surface area (Å²) in [5.74, 6) is -0.162. The Kier molecular flexibility index (Phi) is 4.86. The first-order valence-electron chi connectivity index (χ1n) is 9.10. The first-order valence-corrected chi connectivity index (χ1v) is 10.1. The van der Waals surface area contributed by atoms with Crippen LogP contribution in [-0.4, -0.2) is 59.8 Å². The van der Waals surface area contributed by atoms with Gasteiger partial charge in [-0.05, 0) is 38.0 Å². The van der Waals surface area contributed by atoms with E-state index >= 15 is 0 Å². The molecule has 1 N–H and O–H groups in total. The molecule has 3 heterocycles. The van der Waals surface area contributed by atoms with Crippen molar-refractivity contribution in [3.8, 4) is 0 Å². The normalized spacial score (nSPS) is 29.6. The molecule has 1 aromatic carbocycles. The maximum Gasteiger partial charge on any atom is 0.335 e. The zero-order chi connectivity index (χ0) is 19.1. The number of carbonyl (C=O) groups is 3. The number of hydrogen-bond acceptors (Lipinski definition) is 6. The lowest BCUT2D eigenvalue weighted by molar-refractivity contribution is -0.153. The highest BCUT2D eigenvalue weighted by Crippen LogP contribution is 2.37. The van der Waals surface area contributed by atoms with Crippen molar-refractivity contribution in [2.24, 2.45) is 0 Å². The molecular formula is C19H22N2O5S. The average molecular weight is 390 g/mol. The Morgan fingerprint density at radius 1 is 1.33 bits per heavy atom. The van der Waals surface area contributed by atoms with E-state index in [1.165, 1.54) is 18.9 Å². The van der Waals surface area contributed by atoms with Gasteiger partial charge in [0, 0.05) is 22.9 Å². The summed E-state index contributed by atoms with van der Waals surface area (Å²) in [5.41, 5.74) is 1.21. The molecule has 8 heteroatoms. The molecule has 0 spiro atoms. The highest BCUT2D eigenvalue weighted by molar-refractivity contribution is 8.00. The number of carbonyl (C=O) groups excluding carboxylic acids is 3. The van der Waals surface area contributed by atoms with Gasteiger partial charge in [0.05, 0.1) is 30.7 Å². The van der Waals surface area contributed by atoms with Crippen molar-refractivity contribution < 1.29 is 23.9 Å². The Labute approximate surface area is 161 Å². The fourth-order valence-electron chi connectivity index (χ4n) is 4.15. The standard InChI is InChI=1S/C19H22N2O5S/c1-10-3-5-14-13(8-15(26-14)19(24)25-2)21(10)18(23)11-4-6-16-12(7-11)20-17(22)9-27-16/h4,6-7,10,13-15H,3,5,8-9H2,1-2H3,(H,20,22)/t10-,13+,14-,15-/m0/s1. The number of nitrogens with zero attached hydrogens (tertiary/aromatic N) is 1. The smallest absolute Gasteiger partial charge is 0.335 e. The number of benzene rings is 1. The minimum absolute atomic E-state index is 0.0544. The van der Waals surface area contributed by atoms with Crippen LogP contribution in [0, 0.1) is 0 Å². The van der Waals surface area contributed by atoms with Gasteiger partial charge in [-0.2, -0.15) is 0 Å². The van der Waals surface area contributed by atoms with Crippen LogP contribution >= 0.6 is 11.8 Å². The summed E-state index contributed by atoms with van der Waals surface area (Å²) in [5, 5.41) is 2.83. The van der Waals surface area contributed by atoms with Crippen LogP contribution in [-0.2, 0) is 19.1 Å². The summed E-state index contributed by atoms with van der Waals surface area (Å²) in [4.78, 5) is 39.6. The monoisotopic (exact) mass is 390 g/mol. The van der Waals surface area contributed by atoms with Gasteiger partial charge in [0.1, 0.15) is 0 Å². The summed E-state index contributed by atoms with van der Waals surface area (Å²) < 4.78 is 10.7. The predicted molar refractivity (Wildman–Crippen MR) is 99.7 cm³/mol. The van der Waals surface area contributed by atoms with Gasteiger partial charge in [0.15, 0.2) is 6.10 Å². The number of methoxy groups -OCH3 is 1. The number of rotatable bonds is 2. The molecule has 1 aromatic rings. The van der Waals surface area contributed by atoms with Crippen LogP contribution in [0.15, 0.2) is 23.1 Å². The van der Waals surface area contributed by atoms with Crippen molar-refractivity contribution in [3.05, 3.63) is 23.8 Å². The molecule has 2 amide bonds. The third-order valence-electron chi connectivity index (χ3n) is 5.48. The second kappa shape index (κ2) is 7.16.